The molecule has 0 saturated carbocycles. The van der Waals surface area contributed by atoms with Gasteiger partial charge in [0.05, 0.1) is 6.20 Å². The maximum absolute atomic E-state index is 14.0. The van der Waals surface area contributed by atoms with E-state index in [0.717, 1.165) is 36.8 Å². The number of benzene rings is 1. The molecule has 1 aromatic carbocycles. The molecule has 132 valence electrons. The number of rotatable bonds is 7. The van der Waals surface area contributed by atoms with E-state index in [1.807, 2.05) is 30.8 Å². The van der Waals surface area contributed by atoms with Crippen LogP contribution in [0.5, 0.6) is 0 Å². The van der Waals surface area contributed by atoms with E-state index in [-0.39, 0.29) is 11.7 Å². The van der Waals surface area contributed by atoms with Crippen molar-refractivity contribution in [2.24, 2.45) is 0 Å². The van der Waals surface area contributed by atoms with E-state index in [1.165, 1.54) is 16.8 Å². The van der Waals surface area contributed by atoms with Crippen molar-refractivity contribution in [2.75, 3.05) is 6.54 Å². The highest BCUT2D eigenvalue weighted by molar-refractivity contribution is 5.37. The molecule has 0 saturated heterocycles. The topological polar surface area (TPSA) is 47.7 Å². The molecule has 0 fully saturated rings. The molecule has 3 aromatic rings. The van der Waals surface area contributed by atoms with Crippen molar-refractivity contribution in [3.8, 4) is 5.69 Å². The molecule has 0 amide bonds. The molecule has 2 heterocycles. The van der Waals surface area contributed by atoms with E-state index < -0.39 is 11.6 Å². The highest BCUT2D eigenvalue weighted by Gasteiger charge is 2.16. The molecule has 0 aliphatic heterocycles. The molecule has 7 heteroatoms. The molecule has 3 rings (SSSR count). The molecule has 0 unspecified atom stereocenters. The zero-order valence-electron chi connectivity index (χ0n) is 14.3. The fourth-order valence-corrected chi connectivity index (χ4v) is 2.85. The van der Waals surface area contributed by atoms with Gasteiger partial charge in [0.1, 0.15) is 11.5 Å². The maximum atomic E-state index is 14.0. The summed E-state index contributed by atoms with van der Waals surface area (Å²) in [5.74, 6) is -1.23. The van der Waals surface area contributed by atoms with Gasteiger partial charge in [-0.25, -0.2) is 13.5 Å². The lowest BCUT2D eigenvalue weighted by atomic mass is 10.1. The van der Waals surface area contributed by atoms with Crippen molar-refractivity contribution in [1.82, 2.24) is 24.9 Å². The summed E-state index contributed by atoms with van der Waals surface area (Å²) in [6.45, 7) is 5.61. The monoisotopic (exact) mass is 345 g/mol. The average Bonchev–Trinajstić information content (AvgIpc) is 3.22. The molecule has 25 heavy (non-hydrogen) atoms. The number of aryl methyl sites for hydroxylation is 1. The van der Waals surface area contributed by atoms with Crippen LogP contribution < -0.4 is 5.32 Å². The molecule has 1 N–H and O–H groups in total. The zero-order chi connectivity index (χ0) is 17.8. The minimum atomic E-state index is -0.627. The summed E-state index contributed by atoms with van der Waals surface area (Å²) >= 11 is 0. The Morgan fingerprint density at radius 1 is 1.24 bits per heavy atom. The predicted octanol–water partition coefficient (Wildman–Crippen LogP) is 3.40. The summed E-state index contributed by atoms with van der Waals surface area (Å²) in [6.07, 6.45) is 6.38. The molecule has 0 radical (unpaired) electrons. The van der Waals surface area contributed by atoms with Gasteiger partial charge in [-0.3, -0.25) is 4.68 Å². The highest BCUT2D eigenvalue weighted by atomic mass is 19.1. The highest BCUT2D eigenvalue weighted by Crippen LogP contribution is 2.22. The smallest absolute Gasteiger partial charge is 0.151 e. The summed E-state index contributed by atoms with van der Waals surface area (Å²) in [5.41, 5.74) is 2.07. The van der Waals surface area contributed by atoms with Gasteiger partial charge in [0, 0.05) is 42.3 Å². The summed E-state index contributed by atoms with van der Waals surface area (Å²) in [4.78, 5) is 0. The minimum absolute atomic E-state index is 0.0786. The van der Waals surface area contributed by atoms with Gasteiger partial charge in [-0.05, 0) is 45.0 Å². The van der Waals surface area contributed by atoms with Gasteiger partial charge < -0.3 is 5.32 Å². The summed E-state index contributed by atoms with van der Waals surface area (Å²) in [6, 6.07) is 5.48. The van der Waals surface area contributed by atoms with Crippen LogP contribution in [0.4, 0.5) is 8.78 Å². The molecule has 0 bridgehead atoms. The summed E-state index contributed by atoms with van der Waals surface area (Å²) in [5, 5.41) is 11.9. The van der Waals surface area contributed by atoms with E-state index >= 15 is 0 Å². The Bertz CT molecular complexity index is 826. The largest absolute Gasteiger partial charge is 0.310 e. The van der Waals surface area contributed by atoms with E-state index in [2.05, 4.69) is 15.5 Å². The first-order valence-electron chi connectivity index (χ1n) is 8.27. The number of nitrogens with one attached hydrogen (secondary N) is 1. The second-order valence-corrected chi connectivity index (χ2v) is 5.99. The van der Waals surface area contributed by atoms with Crippen molar-refractivity contribution >= 4 is 0 Å². The molecule has 5 nitrogen and oxygen atoms in total. The van der Waals surface area contributed by atoms with Crippen LogP contribution in [0.1, 0.15) is 30.6 Å². The summed E-state index contributed by atoms with van der Waals surface area (Å²) in [7, 11) is 0. The first-order valence-corrected chi connectivity index (χ1v) is 8.27. The van der Waals surface area contributed by atoms with Crippen molar-refractivity contribution < 1.29 is 8.78 Å². The first kappa shape index (κ1) is 17.3. The van der Waals surface area contributed by atoms with Gasteiger partial charge in [0.15, 0.2) is 5.82 Å². The van der Waals surface area contributed by atoms with Crippen LogP contribution in [0.3, 0.4) is 0 Å². The Balaban J connectivity index is 1.63. The van der Waals surface area contributed by atoms with E-state index in [0.29, 0.717) is 0 Å². The van der Waals surface area contributed by atoms with Crippen LogP contribution in [0, 0.1) is 18.6 Å². The number of hydrogen-bond acceptors (Lipinski definition) is 3. The Hall–Kier alpha value is -2.54. The first-order chi connectivity index (χ1) is 12.1. The van der Waals surface area contributed by atoms with Gasteiger partial charge in [-0.1, -0.05) is 0 Å². The zero-order valence-corrected chi connectivity index (χ0v) is 14.3. The van der Waals surface area contributed by atoms with Gasteiger partial charge in [0.2, 0.25) is 0 Å². The lowest BCUT2D eigenvalue weighted by molar-refractivity contribution is 0.505. The minimum Gasteiger partial charge on any atom is -0.310 e. The van der Waals surface area contributed by atoms with Crippen LogP contribution >= 0.6 is 0 Å². The normalized spacial score (nSPS) is 12.5. The van der Waals surface area contributed by atoms with Crippen molar-refractivity contribution in [2.45, 2.75) is 32.9 Å². The van der Waals surface area contributed by atoms with Crippen LogP contribution in [-0.2, 0) is 6.54 Å². The van der Waals surface area contributed by atoms with Crippen molar-refractivity contribution in [1.29, 1.82) is 0 Å². The van der Waals surface area contributed by atoms with Crippen LogP contribution in [0.25, 0.3) is 5.69 Å². The molecule has 2 aromatic heterocycles. The standard InChI is InChI=1S/C18H21F2N5/c1-13(21-7-3-9-24-10-4-8-22-24)16-12-23-25(14(16)2)18-6-5-15(19)11-17(18)20/h4-6,8,10-13,21H,3,7,9H2,1-2H3/t13-/m0/s1. The van der Waals surface area contributed by atoms with Crippen LogP contribution in [0.15, 0.2) is 42.9 Å². The van der Waals surface area contributed by atoms with Gasteiger partial charge >= 0.3 is 0 Å². The second-order valence-electron chi connectivity index (χ2n) is 5.99. The lowest BCUT2D eigenvalue weighted by Crippen LogP contribution is -2.21. The van der Waals surface area contributed by atoms with Gasteiger partial charge in [0.25, 0.3) is 0 Å². The third-order valence-corrected chi connectivity index (χ3v) is 4.23. The third kappa shape index (κ3) is 3.93. The molecular weight excluding hydrogens is 324 g/mol. The second kappa shape index (κ2) is 7.57. The quantitative estimate of drug-likeness (QED) is 0.668. The SMILES string of the molecule is Cc1c([C@H](C)NCCCn2cccn2)cnn1-c1ccc(F)cc1F. The van der Waals surface area contributed by atoms with Crippen molar-refractivity contribution in [3.63, 3.8) is 0 Å². The Morgan fingerprint density at radius 2 is 2.08 bits per heavy atom. The maximum Gasteiger partial charge on any atom is 0.151 e. The number of hydrogen-bond donors (Lipinski definition) is 1. The average molecular weight is 345 g/mol. The third-order valence-electron chi connectivity index (χ3n) is 4.23. The molecule has 1 atom stereocenters. The van der Waals surface area contributed by atoms with E-state index in [1.54, 1.807) is 12.4 Å². The Labute approximate surface area is 145 Å². The van der Waals surface area contributed by atoms with E-state index in [4.69, 9.17) is 0 Å². The van der Waals surface area contributed by atoms with Crippen LogP contribution in [-0.4, -0.2) is 26.1 Å². The predicted molar refractivity (Wildman–Crippen MR) is 91.5 cm³/mol. The number of aromatic nitrogens is 4. The van der Waals surface area contributed by atoms with Gasteiger partial charge in [-0.15, -0.1) is 0 Å². The number of nitrogens with zero attached hydrogens (tertiary/aromatic N) is 4. The van der Waals surface area contributed by atoms with Crippen LogP contribution in [0.2, 0.25) is 0 Å². The lowest BCUT2D eigenvalue weighted by Gasteiger charge is -2.14. The Kier molecular flexibility index (Phi) is 5.23. The fourth-order valence-electron chi connectivity index (χ4n) is 2.85. The molecular formula is C18H21F2N5. The number of halogens is 2. The fraction of sp³-hybridized carbons (Fsp3) is 0.333. The van der Waals surface area contributed by atoms with Crippen molar-refractivity contribution in [3.05, 3.63) is 65.7 Å². The Morgan fingerprint density at radius 3 is 2.80 bits per heavy atom. The summed E-state index contributed by atoms with van der Waals surface area (Å²) < 4.78 is 30.5. The molecule has 0 aliphatic rings. The van der Waals surface area contributed by atoms with E-state index in [9.17, 15) is 8.78 Å². The molecule has 0 spiro atoms. The molecule has 0 aliphatic carbocycles. The van der Waals surface area contributed by atoms with Gasteiger partial charge in [-0.2, -0.15) is 10.2 Å².